The number of amides is 1. The summed E-state index contributed by atoms with van der Waals surface area (Å²) in [4.78, 5) is 27.3. The van der Waals surface area contributed by atoms with Gasteiger partial charge in [0.05, 0.1) is 11.5 Å². The van der Waals surface area contributed by atoms with Crippen LogP contribution in [0.5, 0.6) is 0 Å². The number of nitrogens with zero attached hydrogens (tertiary/aromatic N) is 1. The lowest BCUT2D eigenvalue weighted by atomic mass is 9.84. The summed E-state index contributed by atoms with van der Waals surface area (Å²) in [5, 5.41) is 0.0676. The van der Waals surface area contributed by atoms with Gasteiger partial charge in [-0.3, -0.25) is 4.79 Å². The Hall–Kier alpha value is -1.49. The van der Waals surface area contributed by atoms with Gasteiger partial charge in [0.15, 0.2) is 0 Å². The highest BCUT2D eigenvalue weighted by molar-refractivity contribution is 8.00. The van der Waals surface area contributed by atoms with Crippen molar-refractivity contribution in [1.82, 2.24) is 4.90 Å². The van der Waals surface area contributed by atoms with Crippen molar-refractivity contribution in [1.29, 1.82) is 0 Å². The first-order valence-electron chi connectivity index (χ1n) is 9.24. The van der Waals surface area contributed by atoms with Crippen molar-refractivity contribution < 1.29 is 14.3 Å². The molecule has 1 aliphatic carbocycles. The number of esters is 1. The maximum Gasteiger partial charge on any atom is 0.330 e. The Morgan fingerprint density at radius 2 is 1.96 bits per heavy atom. The summed E-state index contributed by atoms with van der Waals surface area (Å²) in [6.45, 7) is 3.70. The third-order valence-corrected chi connectivity index (χ3v) is 6.30. The number of carbonyl (C=O) groups is 2. The Labute approximate surface area is 154 Å². The van der Waals surface area contributed by atoms with E-state index in [4.69, 9.17) is 4.74 Å². The molecule has 0 N–H and O–H groups in total. The highest BCUT2D eigenvalue weighted by atomic mass is 32.2. The van der Waals surface area contributed by atoms with Crippen LogP contribution in [0.1, 0.15) is 45.1 Å². The van der Waals surface area contributed by atoms with Crippen LogP contribution in [0.25, 0.3) is 0 Å². The van der Waals surface area contributed by atoms with Gasteiger partial charge in [-0.2, -0.15) is 0 Å². The van der Waals surface area contributed by atoms with Gasteiger partial charge < -0.3 is 9.64 Å². The third kappa shape index (κ3) is 4.38. The smallest absolute Gasteiger partial charge is 0.330 e. The van der Waals surface area contributed by atoms with Gasteiger partial charge in [0.1, 0.15) is 6.04 Å². The van der Waals surface area contributed by atoms with E-state index in [1.807, 2.05) is 36.9 Å². The molecule has 1 heterocycles. The van der Waals surface area contributed by atoms with E-state index in [0.717, 1.165) is 32.1 Å². The van der Waals surface area contributed by atoms with Crippen molar-refractivity contribution in [2.24, 2.45) is 5.92 Å². The van der Waals surface area contributed by atoms with E-state index in [1.54, 1.807) is 11.8 Å². The van der Waals surface area contributed by atoms with E-state index < -0.39 is 6.04 Å². The summed E-state index contributed by atoms with van der Waals surface area (Å²) in [6, 6.07) is 9.89. The minimum atomic E-state index is -0.429. The van der Waals surface area contributed by atoms with Crippen LogP contribution in [0.15, 0.2) is 30.3 Å². The zero-order valence-electron chi connectivity index (χ0n) is 15.0. The first kappa shape index (κ1) is 18.3. The molecule has 2 aliphatic rings. The highest BCUT2D eigenvalue weighted by Gasteiger charge is 2.45. The Morgan fingerprint density at radius 3 is 2.56 bits per heavy atom. The van der Waals surface area contributed by atoms with E-state index >= 15 is 0 Å². The second kappa shape index (κ2) is 8.26. The van der Waals surface area contributed by atoms with Crippen molar-refractivity contribution >= 4 is 23.6 Å². The first-order chi connectivity index (χ1) is 12.1. The van der Waals surface area contributed by atoms with Gasteiger partial charge in [-0.25, -0.2) is 4.79 Å². The Bertz CT molecular complexity index is 600. The van der Waals surface area contributed by atoms with Crippen molar-refractivity contribution in [3.8, 4) is 0 Å². The number of aryl methyl sites for hydroxylation is 1. The molecule has 5 heteroatoms. The summed E-state index contributed by atoms with van der Waals surface area (Å²) in [7, 11) is 0. The predicted octanol–water partition coefficient (Wildman–Crippen LogP) is 3.64. The Balaban J connectivity index is 1.69. The molecule has 1 aliphatic heterocycles. The summed E-state index contributed by atoms with van der Waals surface area (Å²) in [6.07, 6.45) is 4.67. The molecule has 2 atom stereocenters. The molecule has 0 radical (unpaired) electrons. The normalized spacial score (nSPS) is 23.6. The SMILES string of the molecule is CC(C)OC(=O)C1CSC(CCc2ccccc2)N1C(=O)C1CCC1. The molecular weight excluding hydrogens is 334 g/mol. The van der Waals surface area contributed by atoms with Gasteiger partial charge >= 0.3 is 5.97 Å². The van der Waals surface area contributed by atoms with Crippen LogP contribution >= 0.6 is 11.8 Å². The molecule has 1 saturated carbocycles. The molecule has 136 valence electrons. The van der Waals surface area contributed by atoms with Crippen LogP contribution in [-0.2, 0) is 20.7 Å². The second-order valence-corrected chi connectivity index (χ2v) is 8.40. The summed E-state index contributed by atoms with van der Waals surface area (Å²) < 4.78 is 5.41. The molecule has 1 aromatic carbocycles. The quantitative estimate of drug-likeness (QED) is 0.726. The molecular formula is C20H27NO3S. The van der Waals surface area contributed by atoms with Gasteiger partial charge in [-0.1, -0.05) is 36.8 Å². The van der Waals surface area contributed by atoms with E-state index in [-0.39, 0.29) is 29.3 Å². The molecule has 0 spiro atoms. The van der Waals surface area contributed by atoms with Crippen molar-refractivity contribution in [2.75, 3.05) is 5.75 Å². The van der Waals surface area contributed by atoms with Crippen LogP contribution in [0.3, 0.4) is 0 Å². The topological polar surface area (TPSA) is 46.6 Å². The van der Waals surface area contributed by atoms with Crippen molar-refractivity contribution in [2.45, 2.75) is 63.5 Å². The number of thioether (sulfide) groups is 1. The Kier molecular flexibility index (Phi) is 6.05. The van der Waals surface area contributed by atoms with Crippen LogP contribution < -0.4 is 0 Å². The fraction of sp³-hybridized carbons (Fsp3) is 0.600. The molecule has 25 heavy (non-hydrogen) atoms. The monoisotopic (exact) mass is 361 g/mol. The zero-order valence-corrected chi connectivity index (χ0v) is 15.8. The molecule has 2 fully saturated rings. The maximum absolute atomic E-state index is 13.0. The summed E-state index contributed by atoms with van der Waals surface area (Å²) >= 11 is 1.72. The highest BCUT2D eigenvalue weighted by Crippen LogP contribution is 2.38. The summed E-state index contributed by atoms with van der Waals surface area (Å²) in [5.74, 6) is 0.647. The zero-order chi connectivity index (χ0) is 17.8. The lowest BCUT2D eigenvalue weighted by molar-refractivity contribution is -0.159. The van der Waals surface area contributed by atoms with Gasteiger partial charge in [-0.05, 0) is 45.1 Å². The number of ether oxygens (including phenoxy) is 1. The lowest BCUT2D eigenvalue weighted by Crippen LogP contribution is -2.50. The van der Waals surface area contributed by atoms with E-state index in [9.17, 15) is 9.59 Å². The Morgan fingerprint density at radius 1 is 1.24 bits per heavy atom. The predicted molar refractivity (Wildman–Crippen MR) is 100 cm³/mol. The van der Waals surface area contributed by atoms with Crippen LogP contribution in [0.2, 0.25) is 0 Å². The molecule has 3 rings (SSSR count). The molecule has 2 unspecified atom stereocenters. The van der Waals surface area contributed by atoms with Crippen molar-refractivity contribution in [3.05, 3.63) is 35.9 Å². The van der Waals surface area contributed by atoms with Gasteiger partial charge in [0.25, 0.3) is 0 Å². The van der Waals surface area contributed by atoms with E-state index in [0.29, 0.717) is 5.75 Å². The van der Waals surface area contributed by atoms with Crippen molar-refractivity contribution in [3.63, 3.8) is 0 Å². The molecule has 0 aromatic heterocycles. The second-order valence-electron chi connectivity index (χ2n) is 7.19. The van der Waals surface area contributed by atoms with Crippen LogP contribution in [-0.4, -0.2) is 40.0 Å². The number of hydrogen-bond donors (Lipinski definition) is 0. The fourth-order valence-electron chi connectivity index (χ4n) is 3.37. The van der Waals surface area contributed by atoms with Gasteiger partial charge in [-0.15, -0.1) is 11.8 Å². The minimum Gasteiger partial charge on any atom is -0.461 e. The average Bonchev–Trinajstić information content (AvgIpc) is 2.95. The summed E-state index contributed by atoms with van der Waals surface area (Å²) in [5.41, 5.74) is 1.27. The number of carbonyl (C=O) groups excluding carboxylic acids is 2. The third-order valence-electron chi connectivity index (χ3n) is 4.95. The molecule has 1 amide bonds. The molecule has 0 bridgehead atoms. The average molecular weight is 362 g/mol. The molecule has 4 nitrogen and oxygen atoms in total. The molecule has 1 aromatic rings. The number of rotatable bonds is 6. The van der Waals surface area contributed by atoms with Crippen LogP contribution in [0, 0.1) is 5.92 Å². The fourth-order valence-corrected chi connectivity index (χ4v) is 4.77. The van der Waals surface area contributed by atoms with E-state index in [2.05, 4.69) is 12.1 Å². The minimum absolute atomic E-state index is 0.0676. The lowest BCUT2D eigenvalue weighted by Gasteiger charge is -2.35. The first-order valence-corrected chi connectivity index (χ1v) is 10.3. The number of benzene rings is 1. The maximum atomic E-state index is 13.0. The van der Waals surface area contributed by atoms with Crippen LogP contribution in [0.4, 0.5) is 0 Å². The van der Waals surface area contributed by atoms with E-state index in [1.165, 1.54) is 5.56 Å². The van der Waals surface area contributed by atoms with Gasteiger partial charge in [0, 0.05) is 11.7 Å². The van der Waals surface area contributed by atoms with Gasteiger partial charge in [0.2, 0.25) is 5.91 Å². The standard InChI is InChI=1S/C20H27NO3S/c1-14(2)24-20(23)17-13-25-18(12-11-15-7-4-3-5-8-15)21(17)19(22)16-9-6-10-16/h3-5,7-8,14,16-18H,6,9-13H2,1-2H3. The number of hydrogen-bond acceptors (Lipinski definition) is 4. The largest absolute Gasteiger partial charge is 0.461 e. The molecule has 1 saturated heterocycles.